The summed E-state index contributed by atoms with van der Waals surface area (Å²) in [5, 5.41) is 9.27. The number of carboxylic acid groups (broad SMARTS) is 1. The van der Waals surface area contributed by atoms with Crippen LogP contribution in [0.4, 0.5) is 5.82 Å². The number of benzene rings is 1. The van der Waals surface area contributed by atoms with Crippen molar-refractivity contribution >= 4 is 27.7 Å². The molecule has 0 unspecified atom stereocenters. The standard InChI is InChI=1S/C21H23BrN4O4/c1-2-3-7-25-18(24-6-4-5-17(23)13-24)11-19(27)26(21(25)30)12-14-8-15(20(28)29)10-16(22)9-14/h8-11,17H,4-7,12-13,23H2,1H3,(H,28,29)/t17-/m1/s1. The Morgan fingerprint density at radius 2 is 2.03 bits per heavy atom. The molecule has 1 saturated heterocycles. The molecule has 3 N–H and O–H groups in total. The fraction of sp³-hybridized carbons (Fsp3) is 0.381. The van der Waals surface area contributed by atoms with Crippen LogP contribution in [-0.4, -0.2) is 39.3 Å². The quantitative estimate of drug-likeness (QED) is 0.634. The minimum absolute atomic E-state index is 0.0156. The molecule has 0 aliphatic carbocycles. The van der Waals surface area contributed by atoms with Crippen LogP contribution in [0.2, 0.25) is 0 Å². The Kier molecular flexibility index (Phi) is 6.80. The normalized spacial score (nSPS) is 16.1. The second kappa shape index (κ2) is 9.32. The molecule has 0 saturated carbocycles. The summed E-state index contributed by atoms with van der Waals surface area (Å²) in [4.78, 5) is 39.4. The summed E-state index contributed by atoms with van der Waals surface area (Å²) in [6.45, 7) is 3.07. The summed E-state index contributed by atoms with van der Waals surface area (Å²) >= 11 is 3.28. The van der Waals surface area contributed by atoms with E-state index in [9.17, 15) is 19.5 Å². The molecule has 0 spiro atoms. The maximum absolute atomic E-state index is 13.2. The lowest BCUT2D eigenvalue weighted by Gasteiger charge is -2.33. The average molecular weight is 475 g/mol. The van der Waals surface area contributed by atoms with Gasteiger partial charge in [0.2, 0.25) is 0 Å². The number of hydrogen-bond acceptors (Lipinski definition) is 5. The van der Waals surface area contributed by atoms with E-state index >= 15 is 0 Å². The van der Waals surface area contributed by atoms with Gasteiger partial charge in [0.05, 0.1) is 18.7 Å². The first kappa shape index (κ1) is 21.9. The van der Waals surface area contributed by atoms with Crippen LogP contribution < -0.4 is 21.9 Å². The van der Waals surface area contributed by atoms with Gasteiger partial charge in [-0.2, -0.15) is 0 Å². The van der Waals surface area contributed by atoms with E-state index in [1.165, 1.54) is 22.8 Å². The fourth-order valence-corrected chi connectivity index (χ4v) is 4.13. The largest absolute Gasteiger partial charge is 0.478 e. The van der Waals surface area contributed by atoms with Crippen molar-refractivity contribution in [3.63, 3.8) is 0 Å². The summed E-state index contributed by atoms with van der Waals surface area (Å²) < 4.78 is 3.13. The van der Waals surface area contributed by atoms with Gasteiger partial charge in [-0.25, -0.2) is 9.59 Å². The van der Waals surface area contributed by atoms with E-state index in [2.05, 4.69) is 27.8 Å². The lowest BCUT2D eigenvalue weighted by molar-refractivity contribution is 0.0696. The number of hydrogen-bond donors (Lipinski definition) is 2. The van der Waals surface area contributed by atoms with Crippen molar-refractivity contribution in [1.29, 1.82) is 0 Å². The molecule has 0 amide bonds. The van der Waals surface area contributed by atoms with Crippen molar-refractivity contribution in [2.45, 2.75) is 38.9 Å². The van der Waals surface area contributed by atoms with E-state index in [4.69, 9.17) is 5.73 Å². The molecule has 8 nitrogen and oxygen atoms in total. The molecule has 2 aromatic rings. The molecule has 1 aliphatic heterocycles. The van der Waals surface area contributed by atoms with Crippen LogP contribution in [0, 0.1) is 11.8 Å². The zero-order valence-corrected chi connectivity index (χ0v) is 18.2. The Hall–Kier alpha value is -2.83. The molecule has 0 radical (unpaired) electrons. The van der Waals surface area contributed by atoms with Gasteiger partial charge in [0.15, 0.2) is 0 Å². The third-order valence-corrected chi connectivity index (χ3v) is 5.46. The number of rotatable bonds is 5. The molecule has 0 bridgehead atoms. The number of nitrogens with zero attached hydrogens (tertiary/aromatic N) is 3. The fourth-order valence-electron chi connectivity index (χ4n) is 3.58. The van der Waals surface area contributed by atoms with Crippen molar-refractivity contribution in [2.75, 3.05) is 18.0 Å². The predicted molar refractivity (Wildman–Crippen MR) is 118 cm³/mol. The van der Waals surface area contributed by atoms with Gasteiger partial charge >= 0.3 is 11.7 Å². The van der Waals surface area contributed by atoms with Crippen LogP contribution in [0.15, 0.2) is 38.3 Å². The molecular weight excluding hydrogens is 452 g/mol. The number of nitrogens with two attached hydrogens (primary N) is 1. The van der Waals surface area contributed by atoms with Crippen molar-refractivity contribution in [1.82, 2.24) is 9.13 Å². The molecule has 1 aromatic carbocycles. The van der Waals surface area contributed by atoms with Gasteiger partial charge in [0, 0.05) is 29.7 Å². The highest BCUT2D eigenvalue weighted by molar-refractivity contribution is 9.10. The van der Waals surface area contributed by atoms with Gasteiger partial charge in [-0.15, -0.1) is 5.92 Å². The highest BCUT2D eigenvalue weighted by Crippen LogP contribution is 2.18. The van der Waals surface area contributed by atoms with Crippen LogP contribution in [0.25, 0.3) is 0 Å². The summed E-state index contributed by atoms with van der Waals surface area (Å²) in [5.41, 5.74) is 5.74. The predicted octanol–water partition coefficient (Wildman–Crippen LogP) is 1.47. The lowest BCUT2D eigenvalue weighted by Crippen LogP contribution is -2.48. The van der Waals surface area contributed by atoms with Crippen LogP contribution in [-0.2, 0) is 13.1 Å². The summed E-state index contributed by atoms with van der Waals surface area (Å²) in [6, 6.07) is 6.02. The van der Waals surface area contributed by atoms with E-state index in [0.29, 0.717) is 28.9 Å². The van der Waals surface area contributed by atoms with Gasteiger partial charge in [0.25, 0.3) is 5.56 Å². The number of carbonyl (C=O) groups is 1. The van der Waals surface area contributed by atoms with Gasteiger partial charge in [-0.3, -0.25) is 13.9 Å². The molecule has 9 heteroatoms. The van der Waals surface area contributed by atoms with Gasteiger partial charge in [0.1, 0.15) is 5.82 Å². The first-order chi connectivity index (χ1) is 14.3. The minimum Gasteiger partial charge on any atom is -0.478 e. The topological polar surface area (TPSA) is 111 Å². The minimum atomic E-state index is -1.09. The van der Waals surface area contributed by atoms with E-state index in [1.54, 1.807) is 13.0 Å². The molecule has 3 rings (SSSR count). The third-order valence-electron chi connectivity index (χ3n) is 5.00. The van der Waals surface area contributed by atoms with E-state index in [1.807, 2.05) is 4.90 Å². The lowest BCUT2D eigenvalue weighted by atomic mass is 10.1. The van der Waals surface area contributed by atoms with E-state index in [0.717, 1.165) is 17.4 Å². The average Bonchev–Trinajstić information content (AvgIpc) is 2.69. The van der Waals surface area contributed by atoms with Crippen LogP contribution in [0.5, 0.6) is 0 Å². The van der Waals surface area contributed by atoms with Crippen LogP contribution in [0.3, 0.4) is 0 Å². The zero-order chi connectivity index (χ0) is 21.8. The summed E-state index contributed by atoms with van der Waals surface area (Å²) in [5.74, 6) is 5.10. The number of anilines is 1. The van der Waals surface area contributed by atoms with Crippen molar-refractivity contribution < 1.29 is 9.90 Å². The van der Waals surface area contributed by atoms with Gasteiger partial charge < -0.3 is 15.7 Å². The number of piperidine rings is 1. The molecule has 1 fully saturated rings. The van der Waals surface area contributed by atoms with E-state index in [-0.39, 0.29) is 24.7 Å². The Morgan fingerprint density at radius 3 is 2.70 bits per heavy atom. The monoisotopic (exact) mass is 474 g/mol. The second-order valence-electron chi connectivity index (χ2n) is 7.22. The molecule has 1 aliphatic rings. The first-order valence-electron chi connectivity index (χ1n) is 9.57. The number of carboxylic acids is 1. The third kappa shape index (κ3) is 4.83. The number of aromatic nitrogens is 2. The van der Waals surface area contributed by atoms with Crippen molar-refractivity contribution in [3.05, 3.63) is 60.7 Å². The zero-order valence-electron chi connectivity index (χ0n) is 16.6. The van der Waals surface area contributed by atoms with Crippen molar-refractivity contribution in [3.8, 4) is 11.8 Å². The molecule has 158 valence electrons. The Bertz CT molecular complexity index is 1140. The van der Waals surface area contributed by atoms with Crippen LogP contribution >= 0.6 is 15.9 Å². The SMILES string of the molecule is CC#CCn1c(N2CCC[C@@H](N)C2)cc(=O)n(Cc2cc(Br)cc(C(=O)O)c2)c1=O. The van der Waals surface area contributed by atoms with Crippen LogP contribution in [0.1, 0.15) is 35.7 Å². The Morgan fingerprint density at radius 1 is 1.27 bits per heavy atom. The number of halogens is 1. The van der Waals surface area contributed by atoms with Gasteiger partial charge in [-0.1, -0.05) is 21.9 Å². The van der Waals surface area contributed by atoms with E-state index < -0.39 is 17.2 Å². The maximum atomic E-state index is 13.2. The highest BCUT2D eigenvalue weighted by atomic mass is 79.9. The Balaban J connectivity index is 2.08. The molecule has 2 heterocycles. The maximum Gasteiger partial charge on any atom is 0.335 e. The second-order valence-corrected chi connectivity index (χ2v) is 8.14. The van der Waals surface area contributed by atoms with Gasteiger partial charge in [-0.05, 0) is 43.5 Å². The highest BCUT2D eigenvalue weighted by Gasteiger charge is 2.22. The number of aromatic carboxylic acids is 1. The molecular formula is C21H23BrN4O4. The molecule has 1 aromatic heterocycles. The first-order valence-corrected chi connectivity index (χ1v) is 10.4. The smallest absolute Gasteiger partial charge is 0.335 e. The summed E-state index contributed by atoms with van der Waals surface area (Å²) in [7, 11) is 0. The van der Waals surface area contributed by atoms with Crippen molar-refractivity contribution in [2.24, 2.45) is 5.73 Å². The molecule has 30 heavy (non-hydrogen) atoms. The molecule has 1 atom stereocenters. The summed E-state index contributed by atoms with van der Waals surface area (Å²) in [6.07, 6.45) is 1.79. The Labute approximate surface area is 182 Å².